The summed E-state index contributed by atoms with van der Waals surface area (Å²) in [5, 5.41) is 15.3. The van der Waals surface area contributed by atoms with Crippen LogP contribution in [0.25, 0.3) is 22.6 Å². The molecule has 0 bridgehead atoms. The molecular formula is C16H10Cl3NO2. The lowest BCUT2D eigenvalue weighted by Crippen LogP contribution is -1.90. The van der Waals surface area contributed by atoms with Crippen LogP contribution in [0.2, 0.25) is 15.1 Å². The topological polar surface area (TPSA) is 46.3 Å². The molecule has 0 saturated carbocycles. The fourth-order valence-corrected chi connectivity index (χ4v) is 2.80. The Morgan fingerprint density at radius 1 is 0.955 bits per heavy atom. The second kappa shape index (κ2) is 6.31. The summed E-state index contributed by atoms with van der Waals surface area (Å²) < 4.78 is 5.41. The first-order valence-corrected chi connectivity index (χ1v) is 7.55. The summed E-state index contributed by atoms with van der Waals surface area (Å²) in [6.07, 6.45) is 0. The van der Waals surface area contributed by atoms with Gasteiger partial charge in [0.15, 0.2) is 5.76 Å². The highest BCUT2D eigenvalue weighted by Crippen LogP contribution is 2.38. The first-order chi connectivity index (χ1) is 10.6. The fraction of sp³-hybridized carbons (Fsp3) is 0.0625. The molecule has 0 amide bonds. The Labute approximate surface area is 142 Å². The van der Waals surface area contributed by atoms with Crippen LogP contribution in [0.5, 0.6) is 0 Å². The number of hydrogen-bond acceptors (Lipinski definition) is 3. The molecule has 3 aromatic rings. The van der Waals surface area contributed by atoms with E-state index < -0.39 is 0 Å². The Balaban J connectivity index is 2.20. The molecule has 2 aromatic carbocycles. The quantitative estimate of drug-likeness (QED) is 0.679. The lowest BCUT2D eigenvalue weighted by Gasteiger charge is -2.05. The van der Waals surface area contributed by atoms with Gasteiger partial charge in [-0.25, -0.2) is 0 Å². The van der Waals surface area contributed by atoms with Crippen molar-refractivity contribution < 1.29 is 9.63 Å². The minimum Gasteiger partial charge on any atom is -0.391 e. The van der Waals surface area contributed by atoms with E-state index in [9.17, 15) is 5.11 Å². The summed E-state index contributed by atoms with van der Waals surface area (Å²) in [7, 11) is 0. The molecule has 0 unspecified atom stereocenters. The maximum absolute atomic E-state index is 9.74. The van der Waals surface area contributed by atoms with Gasteiger partial charge in [-0.2, -0.15) is 0 Å². The minimum absolute atomic E-state index is 0.262. The highest BCUT2D eigenvalue weighted by atomic mass is 35.5. The number of aliphatic hydroxyl groups excluding tert-OH is 1. The van der Waals surface area contributed by atoms with Crippen molar-refractivity contribution in [3.63, 3.8) is 0 Å². The molecule has 1 aromatic heterocycles. The SMILES string of the molecule is OCc1c(-c2ccccc2Cl)noc1-c1cc(Cl)ccc1Cl. The second-order valence-electron chi connectivity index (χ2n) is 4.60. The van der Waals surface area contributed by atoms with Gasteiger partial charge in [0.05, 0.1) is 22.2 Å². The van der Waals surface area contributed by atoms with Crippen LogP contribution in [0.4, 0.5) is 0 Å². The van der Waals surface area contributed by atoms with Crippen molar-refractivity contribution in [3.8, 4) is 22.6 Å². The van der Waals surface area contributed by atoms with E-state index in [0.717, 1.165) is 0 Å². The Kier molecular flexibility index (Phi) is 4.41. The lowest BCUT2D eigenvalue weighted by atomic mass is 10.0. The molecule has 0 atom stereocenters. The molecule has 0 aliphatic carbocycles. The van der Waals surface area contributed by atoms with Gasteiger partial charge in [-0.3, -0.25) is 0 Å². The van der Waals surface area contributed by atoms with Crippen molar-refractivity contribution in [2.24, 2.45) is 0 Å². The van der Waals surface area contributed by atoms with Gasteiger partial charge in [0.1, 0.15) is 5.69 Å². The monoisotopic (exact) mass is 353 g/mol. The maximum atomic E-state index is 9.74. The van der Waals surface area contributed by atoms with Gasteiger partial charge in [0.25, 0.3) is 0 Å². The highest BCUT2D eigenvalue weighted by molar-refractivity contribution is 6.35. The molecule has 112 valence electrons. The summed E-state index contributed by atoms with van der Waals surface area (Å²) in [6, 6.07) is 12.2. The Hall–Kier alpha value is -1.52. The predicted molar refractivity (Wildman–Crippen MR) is 88.3 cm³/mol. The van der Waals surface area contributed by atoms with Crippen molar-refractivity contribution in [1.82, 2.24) is 5.16 Å². The number of rotatable bonds is 3. The molecule has 22 heavy (non-hydrogen) atoms. The lowest BCUT2D eigenvalue weighted by molar-refractivity contribution is 0.281. The van der Waals surface area contributed by atoms with Crippen LogP contribution in [0.15, 0.2) is 47.0 Å². The third-order valence-electron chi connectivity index (χ3n) is 3.25. The van der Waals surface area contributed by atoms with Crippen molar-refractivity contribution in [2.75, 3.05) is 0 Å². The Morgan fingerprint density at radius 2 is 1.68 bits per heavy atom. The first kappa shape index (κ1) is 15.4. The number of benzene rings is 2. The van der Waals surface area contributed by atoms with E-state index >= 15 is 0 Å². The van der Waals surface area contributed by atoms with Crippen LogP contribution >= 0.6 is 34.8 Å². The zero-order valence-corrected chi connectivity index (χ0v) is 13.5. The summed E-state index contributed by atoms with van der Waals surface area (Å²) >= 11 is 18.4. The van der Waals surface area contributed by atoms with E-state index in [1.54, 1.807) is 24.3 Å². The van der Waals surface area contributed by atoms with Gasteiger partial charge in [0.2, 0.25) is 0 Å². The predicted octanol–water partition coefficient (Wildman–Crippen LogP) is 5.46. The van der Waals surface area contributed by atoms with E-state index in [2.05, 4.69) is 5.16 Å². The van der Waals surface area contributed by atoms with Gasteiger partial charge in [-0.05, 0) is 24.3 Å². The van der Waals surface area contributed by atoms with E-state index in [1.165, 1.54) is 0 Å². The van der Waals surface area contributed by atoms with E-state index in [1.807, 2.05) is 18.2 Å². The average Bonchev–Trinajstić information content (AvgIpc) is 2.93. The zero-order chi connectivity index (χ0) is 15.7. The van der Waals surface area contributed by atoms with Crippen molar-refractivity contribution >= 4 is 34.8 Å². The molecule has 6 heteroatoms. The van der Waals surface area contributed by atoms with Gasteiger partial charge in [-0.15, -0.1) is 0 Å². The molecule has 0 spiro atoms. The third kappa shape index (κ3) is 2.73. The van der Waals surface area contributed by atoms with Crippen molar-refractivity contribution in [3.05, 3.63) is 63.1 Å². The number of hydrogen-bond donors (Lipinski definition) is 1. The third-order valence-corrected chi connectivity index (χ3v) is 4.14. The van der Waals surface area contributed by atoms with Crippen LogP contribution in [-0.4, -0.2) is 10.3 Å². The zero-order valence-electron chi connectivity index (χ0n) is 11.2. The maximum Gasteiger partial charge on any atom is 0.174 e. The molecule has 0 saturated heterocycles. The second-order valence-corrected chi connectivity index (χ2v) is 5.85. The molecule has 0 fully saturated rings. The standard InChI is InChI=1S/C16H10Cl3NO2/c17-9-5-6-14(19)11(7-9)16-12(8-21)15(20-22-16)10-3-1-2-4-13(10)18/h1-7,21H,8H2. The molecule has 3 rings (SSSR count). The average molecular weight is 355 g/mol. The molecule has 1 N–H and O–H groups in total. The molecule has 0 aliphatic rings. The molecule has 0 radical (unpaired) electrons. The van der Waals surface area contributed by atoms with Gasteiger partial charge in [0, 0.05) is 16.1 Å². The molecular weight excluding hydrogens is 345 g/mol. The Bertz CT molecular complexity index is 830. The largest absolute Gasteiger partial charge is 0.391 e. The van der Waals surface area contributed by atoms with Crippen LogP contribution in [-0.2, 0) is 6.61 Å². The number of halogens is 3. The summed E-state index contributed by atoms with van der Waals surface area (Å²) in [5.41, 5.74) is 2.25. The first-order valence-electron chi connectivity index (χ1n) is 6.41. The summed E-state index contributed by atoms with van der Waals surface area (Å²) in [5.74, 6) is 0.380. The number of nitrogens with zero attached hydrogens (tertiary/aromatic N) is 1. The Morgan fingerprint density at radius 3 is 2.41 bits per heavy atom. The number of aromatic nitrogens is 1. The minimum atomic E-state index is -0.262. The molecule has 3 nitrogen and oxygen atoms in total. The van der Waals surface area contributed by atoms with E-state index in [4.69, 9.17) is 39.3 Å². The van der Waals surface area contributed by atoms with E-state index in [-0.39, 0.29) is 6.61 Å². The van der Waals surface area contributed by atoms with Crippen LogP contribution in [0, 0.1) is 0 Å². The van der Waals surface area contributed by atoms with E-state index in [0.29, 0.717) is 43.2 Å². The highest BCUT2D eigenvalue weighted by Gasteiger charge is 2.21. The smallest absolute Gasteiger partial charge is 0.174 e. The van der Waals surface area contributed by atoms with Crippen LogP contribution in [0.3, 0.4) is 0 Å². The van der Waals surface area contributed by atoms with Crippen molar-refractivity contribution in [2.45, 2.75) is 6.61 Å². The van der Waals surface area contributed by atoms with Crippen molar-refractivity contribution in [1.29, 1.82) is 0 Å². The number of aliphatic hydroxyl groups is 1. The van der Waals surface area contributed by atoms with Gasteiger partial charge < -0.3 is 9.63 Å². The normalized spacial score (nSPS) is 10.9. The molecule has 0 aliphatic heterocycles. The van der Waals surface area contributed by atoms with Gasteiger partial charge in [-0.1, -0.05) is 58.2 Å². The summed E-state index contributed by atoms with van der Waals surface area (Å²) in [4.78, 5) is 0. The molecule has 1 heterocycles. The van der Waals surface area contributed by atoms with Gasteiger partial charge >= 0.3 is 0 Å². The van der Waals surface area contributed by atoms with Crippen LogP contribution in [0.1, 0.15) is 5.56 Å². The summed E-state index contributed by atoms with van der Waals surface area (Å²) in [6.45, 7) is -0.262. The van der Waals surface area contributed by atoms with Crippen LogP contribution < -0.4 is 0 Å². The fourth-order valence-electron chi connectivity index (χ4n) is 2.20.